The molecule has 2 heterocycles. The van der Waals surface area contributed by atoms with Crippen molar-refractivity contribution >= 4 is 35.6 Å². The van der Waals surface area contributed by atoms with Crippen LogP contribution in [0.25, 0.3) is 11.4 Å². The lowest BCUT2D eigenvalue weighted by Gasteiger charge is -2.29. The fourth-order valence-corrected chi connectivity index (χ4v) is 4.05. The van der Waals surface area contributed by atoms with Gasteiger partial charge in [0.2, 0.25) is 0 Å². The summed E-state index contributed by atoms with van der Waals surface area (Å²) in [6, 6.07) is 17.2. The third-order valence-corrected chi connectivity index (χ3v) is 5.72. The normalized spacial score (nSPS) is 14.1. The van der Waals surface area contributed by atoms with E-state index in [1.165, 1.54) is 49.9 Å². The molecule has 8 heteroatoms. The number of aliphatic imine (C=N–C) groups is 1. The number of anilines is 1. The molecule has 32 heavy (non-hydrogen) atoms. The summed E-state index contributed by atoms with van der Waals surface area (Å²) in [5.41, 5.74) is 4.79. The number of nitrogens with one attached hydrogen (secondary N) is 2. The number of halogens is 1. The van der Waals surface area contributed by atoms with Gasteiger partial charge in [-0.15, -0.1) is 24.0 Å². The Kier molecular flexibility index (Phi) is 8.90. The summed E-state index contributed by atoms with van der Waals surface area (Å²) in [5.74, 6) is 1.64. The van der Waals surface area contributed by atoms with Crippen LogP contribution in [0.5, 0.6) is 0 Å². The molecule has 1 saturated heterocycles. The van der Waals surface area contributed by atoms with E-state index in [1.54, 1.807) is 0 Å². The number of nitrogens with zero attached hydrogens (tertiary/aromatic N) is 5. The zero-order valence-corrected chi connectivity index (χ0v) is 21.1. The number of aromatic amines is 1. The van der Waals surface area contributed by atoms with E-state index in [0.717, 1.165) is 29.5 Å². The average Bonchev–Trinajstić information content (AvgIpc) is 3.36. The van der Waals surface area contributed by atoms with E-state index in [0.29, 0.717) is 6.54 Å². The van der Waals surface area contributed by atoms with Gasteiger partial charge in [0, 0.05) is 51.5 Å². The molecule has 1 aliphatic heterocycles. The van der Waals surface area contributed by atoms with Crippen LogP contribution in [0.15, 0.2) is 59.9 Å². The third kappa shape index (κ3) is 6.21. The van der Waals surface area contributed by atoms with Crippen LogP contribution < -0.4 is 10.2 Å². The predicted molar refractivity (Wildman–Crippen MR) is 141 cm³/mol. The molecule has 0 unspecified atom stereocenters. The number of rotatable bonds is 6. The lowest BCUT2D eigenvalue weighted by atomic mass is 10.1. The summed E-state index contributed by atoms with van der Waals surface area (Å²) in [7, 11) is 3.89. The maximum absolute atomic E-state index is 4.46. The second-order valence-corrected chi connectivity index (χ2v) is 8.01. The van der Waals surface area contributed by atoms with Gasteiger partial charge >= 0.3 is 0 Å². The van der Waals surface area contributed by atoms with Crippen molar-refractivity contribution in [3.8, 4) is 11.4 Å². The number of aromatic nitrogens is 3. The molecule has 0 atom stereocenters. The summed E-state index contributed by atoms with van der Waals surface area (Å²) in [5, 5.41) is 10.3. The SMILES string of the molecule is CN=C(NCc1cccc(-c2ncn[nH]2)c1)N(C)Cc1ccc(N2CCCCC2)cc1.I. The monoisotopic (exact) mass is 545 g/mol. The van der Waals surface area contributed by atoms with Gasteiger partial charge in [-0.2, -0.15) is 5.10 Å². The van der Waals surface area contributed by atoms with Crippen LogP contribution in [0.4, 0.5) is 5.69 Å². The Morgan fingerprint density at radius 3 is 2.56 bits per heavy atom. The Bertz CT molecular complexity index is 980. The molecule has 0 spiro atoms. The summed E-state index contributed by atoms with van der Waals surface area (Å²) in [6.07, 6.45) is 5.48. The minimum atomic E-state index is 0. The van der Waals surface area contributed by atoms with Crippen molar-refractivity contribution in [2.24, 2.45) is 4.99 Å². The second kappa shape index (κ2) is 11.8. The first-order chi connectivity index (χ1) is 15.2. The Balaban J connectivity index is 0.00000289. The average molecular weight is 545 g/mol. The van der Waals surface area contributed by atoms with Gasteiger partial charge in [-0.1, -0.05) is 30.3 Å². The minimum absolute atomic E-state index is 0. The lowest BCUT2D eigenvalue weighted by Crippen LogP contribution is -2.38. The number of hydrogen-bond donors (Lipinski definition) is 2. The number of H-pyrrole nitrogens is 1. The molecular weight excluding hydrogens is 513 g/mol. The molecule has 3 aromatic rings. The molecule has 2 aromatic carbocycles. The first kappa shape index (κ1) is 24.0. The van der Waals surface area contributed by atoms with Crippen molar-refractivity contribution in [3.63, 3.8) is 0 Å². The maximum atomic E-state index is 4.46. The Labute approximate surface area is 207 Å². The highest BCUT2D eigenvalue weighted by atomic mass is 127. The molecule has 1 aliphatic rings. The van der Waals surface area contributed by atoms with Crippen LogP contribution in [-0.2, 0) is 13.1 Å². The van der Waals surface area contributed by atoms with Crippen molar-refractivity contribution in [2.75, 3.05) is 32.1 Å². The van der Waals surface area contributed by atoms with E-state index in [4.69, 9.17) is 0 Å². The van der Waals surface area contributed by atoms with Crippen molar-refractivity contribution in [2.45, 2.75) is 32.4 Å². The number of hydrogen-bond acceptors (Lipinski definition) is 4. The molecule has 7 nitrogen and oxygen atoms in total. The summed E-state index contributed by atoms with van der Waals surface area (Å²) in [4.78, 5) is 13.3. The van der Waals surface area contributed by atoms with Crippen LogP contribution >= 0.6 is 24.0 Å². The smallest absolute Gasteiger partial charge is 0.193 e. The Morgan fingerprint density at radius 1 is 1.09 bits per heavy atom. The summed E-state index contributed by atoms with van der Waals surface area (Å²) >= 11 is 0. The molecule has 1 aromatic heterocycles. The molecule has 0 bridgehead atoms. The largest absolute Gasteiger partial charge is 0.372 e. The fraction of sp³-hybridized carbons (Fsp3) is 0.375. The van der Waals surface area contributed by atoms with Gasteiger partial charge in [-0.25, -0.2) is 4.98 Å². The second-order valence-electron chi connectivity index (χ2n) is 8.01. The van der Waals surface area contributed by atoms with Crippen LogP contribution in [0.3, 0.4) is 0 Å². The van der Waals surface area contributed by atoms with Gasteiger partial charge in [0.25, 0.3) is 0 Å². The van der Waals surface area contributed by atoms with Crippen LogP contribution in [0.1, 0.15) is 30.4 Å². The molecule has 0 aliphatic carbocycles. The Morgan fingerprint density at radius 2 is 1.88 bits per heavy atom. The molecular formula is C24H32IN7. The maximum Gasteiger partial charge on any atom is 0.193 e. The van der Waals surface area contributed by atoms with Gasteiger partial charge in [0.1, 0.15) is 6.33 Å². The highest BCUT2D eigenvalue weighted by molar-refractivity contribution is 14.0. The quantitative estimate of drug-likeness (QED) is 0.275. The van der Waals surface area contributed by atoms with E-state index in [9.17, 15) is 0 Å². The molecule has 0 amide bonds. The standard InChI is InChI=1S/C24H31N7.HI/c1-25-24(26-16-20-7-6-8-21(15-20)23-27-18-28-29-23)30(2)17-19-9-11-22(12-10-19)31-13-4-3-5-14-31;/h6-12,15,18H,3-5,13-14,16-17H2,1-2H3,(H,25,26)(H,27,28,29);1H. The predicted octanol–water partition coefficient (Wildman–Crippen LogP) is 4.29. The molecule has 2 N–H and O–H groups in total. The molecule has 4 rings (SSSR count). The lowest BCUT2D eigenvalue weighted by molar-refractivity contribution is 0.476. The fourth-order valence-electron chi connectivity index (χ4n) is 4.05. The zero-order valence-electron chi connectivity index (χ0n) is 18.8. The van der Waals surface area contributed by atoms with E-state index >= 15 is 0 Å². The van der Waals surface area contributed by atoms with Crippen molar-refractivity contribution < 1.29 is 0 Å². The molecule has 1 fully saturated rings. The molecule has 0 radical (unpaired) electrons. The zero-order chi connectivity index (χ0) is 21.5. The van der Waals surface area contributed by atoms with E-state index in [2.05, 4.69) is 78.7 Å². The van der Waals surface area contributed by atoms with Crippen LogP contribution in [0.2, 0.25) is 0 Å². The van der Waals surface area contributed by atoms with Crippen LogP contribution in [0, 0.1) is 0 Å². The van der Waals surface area contributed by atoms with E-state index in [1.807, 2.05) is 19.2 Å². The molecule has 0 saturated carbocycles. The van der Waals surface area contributed by atoms with Crippen molar-refractivity contribution in [1.29, 1.82) is 0 Å². The summed E-state index contributed by atoms with van der Waals surface area (Å²) in [6.45, 7) is 3.84. The Hall–Kier alpha value is -2.62. The van der Waals surface area contributed by atoms with Gasteiger partial charge in [0.05, 0.1) is 0 Å². The van der Waals surface area contributed by atoms with Gasteiger partial charge in [0.15, 0.2) is 11.8 Å². The van der Waals surface area contributed by atoms with Crippen LogP contribution in [-0.4, -0.2) is 53.2 Å². The number of piperidine rings is 1. The first-order valence-electron chi connectivity index (χ1n) is 10.9. The number of benzene rings is 2. The van der Waals surface area contributed by atoms with E-state index in [-0.39, 0.29) is 24.0 Å². The third-order valence-electron chi connectivity index (χ3n) is 5.72. The van der Waals surface area contributed by atoms with Crippen molar-refractivity contribution in [3.05, 3.63) is 66.0 Å². The highest BCUT2D eigenvalue weighted by Crippen LogP contribution is 2.20. The topological polar surface area (TPSA) is 72.4 Å². The van der Waals surface area contributed by atoms with Gasteiger partial charge in [-0.05, 0) is 48.6 Å². The van der Waals surface area contributed by atoms with Gasteiger partial charge in [-0.3, -0.25) is 10.1 Å². The minimum Gasteiger partial charge on any atom is -0.372 e. The first-order valence-corrected chi connectivity index (χ1v) is 10.9. The van der Waals surface area contributed by atoms with Crippen molar-refractivity contribution in [1.82, 2.24) is 25.4 Å². The summed E-state index contributed by atoms with van der Waals surface area (Å²) < 4.78 is 0. The van der Waals surface area contributed by atoms with E-state index < -0.39 is 0 Å². The van der Waals surface area contributed by atoms with Gasteiger partial charge < -0.3 is 15.1 Å². The number of guanidine groups is 1. The molecule has 170 valence electrons. The highest BCUT2D eigenvalue weighted by Gasteiger charge is 2.12.